The Hall–Kier alpha value is -0.590. The van der Waals surface area contributed by atoms with Gasteiger partial charge >= 0.3 is 5.69 Å². The maximum atomic E-state index is 11.5. The van der Waals surface area contributed by atoms with Gasteiger partial charge in [0.25, 0.3) is 5.56 Å². The zero-order chi connectivity index (χ0) is 14.1. The highest BCUT2D eigenvalue weighted by Gasteiger charge is 2.01. The molecular formula is C14H23IN2O2. The minimum Gasteiger partial charge on any atom is -0.300 e. The second-order valence-corrected chi connectivity index (χ2v) is 6.07. The molecule has 5 heteroatoms. The number of aromatic amines is 1. The van der Waals surface area contributed by atoms with Crippen LogP contribution in [0.2, 0.25) is 0 Å². The number of hydrogen-bond donors (Lipinski definition) is 1. The number of halogens is 1. The first-order valence-electron chi connectivity index (χ1n) is 7.14. The summed E-state index contributed by atoms with van der Waals surface area (Å²) in [6.07, 6.45) is 11.6. The van der Waals surface area contributed by atoms with Gasteiger partial charge in [-0.3, -0.25) is 14.3 Å². The number of aryl methyl sites for hydroxylation is 1. The molecule has 0 radical (unpaired) electrons. The van der Waals surface area contributed by atoms with Crippen molar-refractivity contribution in [3.05, 3.63) is 30.6 Å². The summed E-state index contributed by atoms with van der Waals surface area (Å²) < 4.78 is 2.16. The maximum absolute atomic E-state index is 11.5. The highest BCUT2D eigenvalue weighted by Crippen LogP contribution is 2.08. The molecule has 0 amide bonds. The van der Waals surface area contributed by atoms with Crippen LogP contribution < -0.4 is 11.2 Å². The normalized spacial score (nSPS) is 10.8. The third-order valence-corrected chi connectivity index (χ3v) is 3.99. The van der Waals surface area contributed by atoms with Gasteiger partial charge in [0.15, 0.2) is 0 Å². The molecule has 1 heterocycles. The van der Waals surface area contributed by atoms with Crippen molar-refractivity contribution in [3.63, 3.8) is 0 Å². The Morgan fingerprint density at radius 3 is 2.26 bits per heavy atom. The predicted octanol–water partition coefficient (Wildman–Crippen LogP) is 3.28. The maximum Gasteiger partial charge on any atom is 0.328 e. The van der Waals surface area contributed by atoms with Gasteiger partial charge in [-0.2, -0.15) is 0 Å². The monoisotopic (exact) mass is 378 g/mol. The summed E-state index contributed by atoms with van der Waals surface area (Å²) in [5.41, 5.74) is -0.592. The molecule has 4 nitrogen and oxygen atoms in total. The van der Waals surface area contributed by atoms with Crippen molar-refractivity contribution < 1.29 is 0 Å². The van der Waals surface area contributed by atoms with E-state index in [9.17, 15) is 9.59 Å². The quantitative estimate of drug-likeness (QED) is 0.530. The van der Waals surface area contributed by atoms with Crippen LogP contribution in [-0.4, -0.2) is 9.55 Å². The first kappa shape index (κ1) is 16.5. The first-order valence-corrected chi connectivity index (χ1v) is 8.22. The molecule has 0 saturated carbocycles. The molecule has 0 atom stereocenters. The molecule has 0 aliphatic heterocycles. The van der Waals surface area contributed by atoms with Gasteiger partial charge in [0.05, 0.1) is 3.57 Å². The Morgan fingerprint density at radius 1 is 1.05 bits per heavy atom. The number of aromatic nitrogens is 2. The Bertz CT molecular complexity index is 479. The lowest BCUT2D eigenvalue weighted by atomic mass is 10.1. The summed E-state index contributed by atoms with van der Waals surface area (Å²) in [6.45, 7) is 2.92. The molecule has 1 aromatic heterocycles. The van der Waals surface area contributed by atoms with Crippen LogP contribution in [0.1, 0.15) is 58.3 Å². The zero-order valence-corrected chi connectivity index (χ0v) is 13.7. The van der Waals surface area contributed by atoms with E-state index in [4.69, 9.17) is 0 Å². The Balaban J connectivity index is 2.21. The first-order chi connectivity index (χ1) is 9.15. The van der Waals surface area contributed by atoms with Gasteiger partial charge in [-0.05, 0) is 29.0 Å². The second kappa shape index (κ2) is 9.34. The molecule has 0 aromatic carbocycles. The van der Waals surface area contributed by atoms with Crippen LogP contribution in [0.25, 0.3) is 0 Å². The minimum absolute atomic E-state index is 0.294. The lowest BCUT2D eigenvalue weighted by Gasteiger charge is -2.05. The van der Waals surface area contributed by atoms with Crippen molar-refractivity contribution in [2.24, 2.45) is 0 Å². The highest BCUT2D eigenvalue weighted by molar-refractivity contribution is 14.1. The molecule has 0 spiro atoms. The molecule has 108 valence electrons. The molecular weight excluding hydrogens is 355 g/mol. The van der Waals surface area contributed by atoms with Crippen LogP contribution in [-0.2, 0) is 6.54 Å². The van der Waals surface area contributed by atoms with Crippen LogP contribution in [0.3, 0.4) is 0 Å². The molecule has 0 bridgehead atoms. The molecule has 0 fully saturated rings. The fourth-order valence-corrected chi connectivity index (χ4v) is 2.54. The molecule has 0 aliphatic rings. The average Bonchev–Trinajstić information content (AvgIpc) is 2.38. The third-order valence-electron chi connectivity index (χ3n) is 3.22. The van der Waals surface area contributed by atoms with E-state index in [1.165, 1.54) is 38.5 Å². The van der Waals surface area contributed by atoms with E-state index in [1.807, 2.05) is 22.6 Å². The molecule has 19 heavy (non-hydrogen) atoms. The van der Waals surface area contributed by atoms with Gasteiger partial charge in [0, 0.05) is 12.7 Å². The average molecular weight is 378 g/mol. The molecule has 1 N–H and O–H groups in total. The summed E-state index contributed by atoms with van der Waals surface area (Å²) in [4.78, 5) is 25.1. The number of rotatable bonds is 9. The van der Waals surface area contributed by atoms with Crippen molar-refractivity contribution in [1.82, 2.24) is 9.55 Å². The van der Waals surface area contributed by atoms with Crippen LogP contribution in [0, 0.1) is 3.57 Å². The number of hydrogen-bond acceptors (Lipinski definition) is 2. The van der Waals surface area contributed by atoms with E-state index in [0.717, 1.165) is 12.8 Å². The number of H-pyrrole nitrogens is 1. The van der Waals surface area contributed by atoms with Crippen molar-refractivity contribution in [2.45, 2.75) is 64.8 Å². The standard InChI is InChI=1S/C14H23IN2O2/c1-2-3-4-5-6-7-8-9-10-17-11-12(15)13(18)16-14(17)19/h11H,2-10H2,1H3,(H,16,18,19). The van der Waals surface area contributed by atoms with Crippen molar-refractivity contribution in [3.8, 4) is 0 Å². The lowest BCUT2D eigenvalue weighted by molar-refractivity contribution is 0.531. The van der Waals surface area contributed by atoms with Gasteiger partial charge in [-0.15, -0.1) is 0 Å². The van der Waals surface area contributed by atoms with E-state index in [-0.39, 0.29) is 11.2 Å². The van der Waals surface area contributed by atoms with E-state index >= 15 is 0 Å². The van der Waals surface area contributed by atoms with Crippen LogP contribution in [0.5, 0.6) is 0 Å². The van der Waals surface area contributed by atoms with Crippen molar-refractivity contribution in [2.75, 3.05) is 0 Å². The van der Waals surface area contributed by atoms with Gasteiger partial charge in [0.1, 0.15) is 0 Å². The highest BCUT2D eigenvalue weighted by atomic mass is 127. The van der Waals surface area contributed by atoms with E-state index in [2.05, 4.69) is 11.9 Å². The van der Waals surface area contributed by atoms with Gasteiger partial charge in [-0.1, -0.05) is 51.9 Å². The van der Waals surface area contributed by atoms with Crippen molar-refractivity contribution in [1.29, 1.82) is 0 Å². The largest absolute Gasteiger partial charge is 0.328 e. The van der Waals surface area contributed by atoms with Crippen LogP contribution in [0.15, 0.2) is 15.8 Å². The van der Waals surface area contributed by atoms with Gasteiger partial charge < -0.3 is 0 Å². The van der Waals surface area contributed by atoms with Gasteiger partial charge in [-0.25, -0.2) is 4.79 Å². The SMILES string of the molecule is CCCCCCCCCCn1cc(I)c(=O)[nH]c1=O. The minimum atomic E-state index is -0.298. The Kier molecular flexibility index (Phi) is 8.09. The lowest BCUT2D eigenvalue weighted by Crippen LogP contribution is -2.30. The van der Waals surface area contributed by atoms with Crippen LogP contribution in [0.4, 0.5) is 0 Å². The van der Waals surface area contributed by atoms with E-state index in [1.54, 1.807) is 10.8 Å². The number of nitrogens with one attached hydrogen (secondary N) is 1. The third kappa shape index (κ3) is 6.40. The molecule has 0 unspecified atom stereocenters. The summed E-state index contributed by atoms with van der Waals surface area (Å²) >= 11 is 1.95. The fourth-order valence-electron chi connectivity index (χ4n) is 2.06. The Labute approximate surface area is 127 Å². The Morgan fingerprint density at radius 2 is 1.63 bits per heavy atom. The number of nitrogens with zero attached hydrogens (tertiary/aromatic N) is 1. The smallest absolute Gasteiger partial charge is 0.300 e. The van der Waals surface area contributed by atoms with Crippen molar-refractivity contribution >= 4 is 22.6 Å². The zero-order valence-electron chi connectivity index (χ0n) is 11.6. The second-order valence-electron chi connectivity index (χ2n) is 4.90. The van der Waals surface area contributed by atoms with E-state index < -0.39 is 0 Å². The van der Waals surface area contributed by atoms with Crippen LogP contribution >= 0.6 is 22.6 Å². The molecule has 1 rings (SSSR count). The molecule has 1 aromatic rings. The summed E-state index contributed by atoms with van der Waals surface area (Å²) in [5, 5.41) is 0. The van der Waals surface area contributed by atoms with Gasteiger partial charge in [0.2, 0.25) is 0 Å². The number of unbranched alkanes of at least 4 members (excludes halogenated alkanes) is 7. The molecule has 0 aliphatic carbocycles. The molecule has 0 saturated heterocycles. The summed E-state index contributed by atoms with van der Waals surface area (Å²) in [6, 6.07) is 0. The van der Waals surface area contributed by atoms with E-state index in [0.29, 0.717) is 10.1 Å². The fraction of sp³-hybridized carbons (Fsp3) is 0.714. The topological polar surface area (TPSA) is 54.9 Å². The summed E-state index contributed by atoms with van der Waals surface area (Å²) in [5.74, 6) is 0. The predicted molar refractivity (Wildman–Crippen MR) is 86.6 cm³/mol. The summed E-state index contributed by atoms with van der Waals surface area (Å²) in [7, 11) is 0.